The molecule has 1 aromatic heterocycles. The Morgan fingerprint density at radius 1 is 0.791 bits per heavy atom. The van der Waals surface area contributed by atoms with E-state index in [0.717, 1.165) is 42.8 Å². The van der Waals surface area contributed by atoms with E-state index in [-0.39, 0.29) is 18.0 Å². The maximum Gasteiger partial charge on any atom is 0.278 e. The van der Waals surface area contributed by atoms with Crippen molar-refractivity contribution in [3.8, 4) is 11.4 Å². The van der Waals surface area contributed by atoms with Crippen LogP contribution in [0.2, 0.25) is 0 Å². The molecule has 4 aromatic carbocycles. The largest absolute Gasteiger partial charge is 0.378 e. The quantitative estimate of drug-likeness (QED) is 0.0922. The lowest BCUT2D eigenvalue weighted by atomic mass is 10.00. The average molecular weight is 579 g/mol. The molecule has 5 rings (SSSR count). The molecule has 6 nitrogen and oxygen atoms in total. The van der Waals surface area contributed by atoms with E-state index in [2.05, 4.69) is 138 Å². The van der Waals surface area contributed by atoms with Gasteiger partial charge in [-0.15, -0.1) is 0 Å². The van der Waals surface area contributed by atoms with Gasteiger partial charge in [0.15, 0.2) is 6.54 Å². The zero-order valence-electron chi connectivity index (χ0n) is 27.3. The molecule has 226 valence electrons. The third-order valence-electron chi connectivity index (χ3n) is 8.62. The molecule has 0 saturated carbocycles. The smallest absolute Gasteiger partial charge is 0.278 e. The minimum atomic E-state index is 0.207. The van der Waals surface area contributed by atoms with E-state index >= 15 is 0 Å². The van der Waals surface area contributed by atoms with E-state index in [0.29, 0.717) is 11.0 Å². The minimum Gasteiger partial charge on any atom is -0.378 e. The van der Waals surface area contributed by atoms with Crippen LogP contribution in [0, 0.1) is 0 Å². The minimum absolute atomic E-state index is 0.207. The van der Waals surface area contributed by atoms with Gasteiger partial charge in [0.05, 0.1) is 31.7 Å². The zero-order valence-corrected chi connectivity index (χ0v) is 27.3. The zero-order chi connectivity index (χ0) is 30.9. The van der Waals surface area contributed by atoms with E-state index in [4.69, 9.17) is 4.98 Å². The second-order valence-corrected chi connectivity index (χ2v) is 13.3. The van der Waals surface area contributed by atoms with Gasteiger partial charge >= 0.3 is 0 Å². The third kappa shape index (κ3) is 6.25. The van der Waals surface area contributed by atoms with Gasteiger partial charge in [0.25, 0.3) is 5.91 Å². The summed E-state index contributed by atoms with van der Waals surface area (Å²) in [5.41, 5.74) is 4.56. The summed E-state index contributed by atoms with van der Waals surface area (Å²) in [4.78, 5) is 22.7. The second-order valence-electron chi connectivity index (χ2n) is 13.3. The predicted octanol–water partition coefficient (Wildman–Crippen LogP) is 7.58. The van der Waals surface area contributed by atoms with Crippen molar-refractivity contribution >= 4 is 44.2 Å². The van der Waals surface area contributed by atoms with Crippen LogP contribution in [0.3, 0.4) is 0 Å². The molecule has 0 atom stereocenters. The number of amides is 1. The van der Waals surface area contributed by atoms with Gasteiger partial charge in [0.1, 0.15) is 5.82 Å². The molecule has 0 N–H and O–H groups in total. The fraction of sp³-hybridized carbons (Fsp3) is 0.405. The molecule has 0 fully saturated rings. The SMILES string of the molecule is CC(C)N(C(=O)C[N+](C)(C)CCCCn1c(-c2ccc(N(C)C)cc2)nc2c3ccccc3c3ccccc3c21)C(C)C. The third-order valence-corrected chi connectivity index (χ3v) is 8.62. The first-order valence-corrected chi connectivity index (χ1v) is 15.7. The molecule has 1 amide bonds. The van der Waals surface area contributed by atoms with Crippen LogP contribution in [0.5, 0.6) is 0 Å². The highest BCUT2D eigenvalue weighted by atomic mass is 16.2. The Balaban J connectivity index is 1.49. The fourth-order valence-electron chi connectivity index (χ4n) is 6.62. The Morgan fingerprint density at radius 3 is 1.93 bits per heavy atom. The second kappa shape index (κ2) is 12.4. The van der Waals surface area contributed by atoms with Crippen molar-refractivity contribution in [3.05, 3.63) is 72.8 Å². The molecule has 0 unspecified atom stereocenters. The summed E-state index contributed by atoms with van der Waals surface area (Å²) >= 11 is 0. The van der Waals surface area contributed by atoms with Crippen LogP contribution in [0.1, 0.15) is 40.5 Å². The number of hydrogen-bond acceptors (Lipinski definition) is 3. The van der Waals surface area contributed by atoms with E-state index in [1.807, 2.05) is 4.90 Å². The number of unbranched alkanes of at least 4 members (excludes halogenated alkanes) is 1. The molecule has 0 spiro atoms. The summed E-state index contributed by atoms with van der Waals surface area (Å²) in [7, 11) is 8.50. The molecule has 0 bridgehead atoms. The number of benzene rings is 4. The number of aromatic nitrogens is 2. The van der Waals surface area contributed by atoms with Gasteiger partial charge in [-0.05, 0) is 75.6 Å². The average Bonchev–Trinajstić information content (AvgIpc) is 3.34. The number of hydrogen-bond donors (Lipinski definition) is 0. The summed E-state index contributed by atoms with van der Waals surface area (Å²) in [6.45, 7) is 10.7. The van der Waals surface area contributed by atoms with Crippen LogP contribution in [0.25, 0.3) is 44.0 Å². The van der Waals surface area contributed by atoms with Crippen molar-refractivity contribution in [2.75, 3.05) is 46.2 Å². The van der Waals surface area contributed by atoms with E-state index < -0.39 is 0 Å². The topological polar surface area (TPSA) is 41.4 Å². The summed E-state index contributed by atoms with van der Waals surface area (Å²) < 4.78 is 3.13. The monoisotopic (exact) mass is 578 g/mol. The van der Waals surface area contributed by atoms with Crippen LogP contribution in [-0.4, -0.2) is 78.2 Å². The Morgan fingerprint density at radius 2 is 1.35 bits per heavy atom. The maximum atomic E-state index is 13.2. The van der Waals surface area contributed by atoms with Crippen molar-refractivity contribution in [1.82, 2.24) is 14.5 Å². The number of anilines is 1. The lowest BCUT2D eigenvalue weighted by molar-refractivity contribution is -0.883. The Labute approximate surface area is 257 Å². The lowest BCUT2D eigenvalue weighted by Crippen LogP contribution is -2.52. The molecule has 5 aromatic rings. The van der Waals surface area contributed by atoms with Gasteiger partial charge in [-0.25, -0.2) is 4.98 Å². The molecular weight excluding hydrogens is 530 g/mol. The molecule has 1 heterocycles. The first-order valence-electron chi connectivity index (χ1n) is 15.7. The lowest BCUT2D eigenvalue weighted by Gasteiger charge is -2.35. The standard InChI is InChI=1S/C37H48N5O/c1-26(2)41(27(3)4)34(43)25-42(7,8)24-14-13-23-40-36-33-18-12-10-16-31(33)30-15-9-11-17-32(30)35(36)38-37(40)28-19-21-29(22-20-28)39(5)6/h9-12,15-22,26-27H,13-14,23-25H2,1-8H3/q+1. The summed E-state index contributed by atoms with van der Waals surface area (Å²) in [6, 6.07) is 26.5. The number of aryl methyl sites for hydroxylation is 1. The Bertz CT molecular complexity index is 1720. The van der Waals surface area contributed by atoms with E-state index in [1.165, 1.54) is 32.7 Å². The van der Waals surface area contributed by atoms with Gasteiger partial charge in [-0.3, -0.25) is 4.79 Å². The van der Waals surface area contributed by atoms with Gasteiger partial charge < -0.3 is 18.8 Å². The summed E-state index contributed by atoms with van der Waals surface area (Å²) in [5.74, 6) is 1.24. The summed E-state index contributed by atoms with van der Waals surface area (Å²) in [5, 5.41) is 4.93. The van der Waals surface area contributed by atoms with Crippen molar-refractivity contribution in [1.29, 1.82) is 0 Å². The van der Waals surface area contributed by atoms with Gasteiger partial charge in [0.2, 0.25) is 0 Å². The molecule has 0 aliphatic heterocycles. The van der Waals surface area contributed by atoms with Gasteiger partial charge in [-0.1, -0.05) is 48.5 Å². The fourth-order valence-corrected chi connectivity index (χ4v) is 6.62. The molecule has 0 aliphatic rings. The van der Waals surface area contributed by atoms with Crippen molar-refractivity contribution in [2.24, 2.45) is 0 Å². The number of rotatable bonds is 11. The van der Waals surface area contributed by atoms with Crippen LogP contribution >= 0.6 is 0 Å². The van der Waals surface area contributed by atoms with Crippen LogP contribution in [0.15, 0.2) is 72.8 Å². The van der Waals surface area contributed by atoms with Crippen LogP contribution < -0.4 is 4.90 Å². The van der Waals surface area contributed by atoms with Crippen molar-refractivity contribution in [2.45, 2.75) is 59.2 Å². The first-order chi connectivity index (χ1) is 20.5. The van der Waals surface area contributed by atoms with Crippen LogP contribution in [0.4, 0.5) is 5.69 Å². The number of carbonyl (C=O) groups is 1. The highest BCUT2D eigenvalue weighted by Crippen LogP contribution is 2.37. The molecule has 43 heavy (non-hydrogen) atoms. The van der Waals surface area contributed by atoms with Gasteiger partial charge in [-0.2, -0.15) is 0 Å². The molecular formula is C37H48N5O+. The molecule has 6 heteroatoms. The van der Waals surface area contributed by atoms with Gasteiger partial charge in [0, 0.05) is 54.7 Å². The number of quaternary nitrogens is 1. The number of fused-ring (bicyclic) bond motifs is 6. The molecule has 0 saturated heterocycles. The molecule has 0 aliphatic carbocycles. The predicted molar refractivity (Wildman–Crippen MR) is 183 cm³/mol. The Kier molecular flexibility index (Phi) is 8.79. The van der Waals surface area contributed by atoms with Crippen LogP contribution in [-0.2, 0) is 11.3 Å². The maximum absolute atomic E-state index is 13.2. The van der Waals surface area contributed by atoms with E-state index in [9.17, 15) is 4.79 Å². The summed E-state index contributed by atoms with van der Waals surface area (Å²) in [6.07, 6.45) is 2.02. The van der Waals surface area contributed by atoms with Crippen molar-refractivity contribution in [3.63, 3.8) is 0 Å². The number of imidazole rings is 1. The number of carbonyl (C=O) groups excluding carboxylic acids is 1. The highest BCUT2D eigenvalue weighted by molar-refractivity contribution is 6.23. The first kappa shape index (κ1) is 30.6. The van der Waals surface area contributed by atoms with Crippen molar-refractivity contribution < 1.29 is 9.28 Å². The van der Waals surface area contributed by atoms with E-state index in [1.54, 1.807) is 0 Å². The normalized spacial score (nSPS) is 12.2. The highest BCUT2D eigenvalue weighted by Gasteiger charge is 2.27. The number of nitrogens with zero attached hydrogens (tertiary/aromatic N) is 5. The number of likely N-dealkylation sites (N-methyl/N-ethyl adjacent to an activating group) is 1. The Hall–Kier alpha value is -3.90. The molecule has 0 radical (unpaired) electrons.